The summed E-state index contributed by atoms with van der Waals surface area (Å²) < 4.78 is 19.4. The van der Waals surface area contributed by atoms with E-state index in [4.69, 9.17) is 9.47 Å². The third kappa shape index (κ3) is 6.25. The molecule has 9 nitrogen and oxygen atoms in total. The van der Waals surface area contributed by atoms with Gasteiger partial charge in [-0.2, -0.15) is 4.98 Å². The van der Waals surface area contributed by atoms with Gasteiger partial charge in [-0.1, -0.05) is 38.8 Å². The molecule has 1 aromatic heterocycles. The summed E-state index contributed by atoms with van der Waals surface area (Å²) in [5, 5.41) is 2.98. The molecule has 0 aliphatic heterocycles. The Labute approximate surface area is 215 Å². The van der Waals surface area contributed by atoms with E-state index in [1.807, 2.05) is 25.3 Å². The number of methoxy groups -OCH3 is 2. The Morgan fingerprint density at radius 3 is 2.39 bits per heavy atom. The summed E-state index contributed by atoms with van der Waals surface area (Å²) in [6.07, 6.45) is 3.32. The Kier molecular flexibility index (Phi) is 8.41. The van der Waals surface area contributed by atoms with Crippen molar-refractivity contribution in [3.8, 4) is 17.4 Å². The molecule has 0 fully saturated rings. The number of nitrogens with one attached hydrogen (secondary N) is 2. The number of amides is 1. The Hall–Kier alpha value is -3.79. The van der Waals surface area contributed by atoms with Crippen molar-refractivity contribution in [1.29, 1.82) is 0 Å². The minimum Gasteiger partial charge on any atom is -0.492 e. The van der Waals surface area contributed by atoms with Crippen LogP contribution in [0, 0.1) is 6.92 Å². The van der Waals surface area contributed by atoms with Crippen molar-refractivity contribution >= 4 is 35.2 Å². The zero-order valence-corrected chi connectivity index (χ0v) is 22.2. The zero-order valence-electron chi connectivity index (χ0n) is 21.4. The molecular formula is C26H30N4O5S. The Morgan fingerprint density at radius 1 is 1.03 bits per heavy atom. The molecule has 10 heteroatoms. The van der Waals surface area contributed by atoms with Crippen LogP contribution in [0.15, 0.2) is 42.6 Å². The fourth-order valence-electron chi connectivity index (χ4n) is 3.31. The van der Waals surface area contributed by atoms with Gasteiger partial charge >= 0.3 is 5.97 Å². The molecule has 0 atom stereocenters. The number of aryl methyl sites for hydroxylation is 1. The van der Waals surface area contributed by atoms with Crippen LogP contribution >= 0.6 is 11.9 Å². The highest BCUT2D eigenvalue weighted by atomic mass is 32.2. The lowest BCUT2D eigenvalue weighted by Gasteiger charge is -2.24. The highest BCUT2D eigenvalue weighted by Crippen LogP contribution is 2.39. The normalized spacial score (nSPS) is 11.0. The van der Waals surface area contributed by atoms with Gasteiger partial charge in [-0.25, -0.2) is 9.78 Å². The van der Waals surface area contributed by atoms with Gasteiger partial charge in [-0.3, -0.25) is 4.79 Å². The molecule has 3 aromatic rings. The molecule has 0 aliphatic carbocycles. The molecule has 2 aromatic carbocycles. The molecule has 0 saturated carbocycles. The number of rotatable bonds is 8. The van der Waals surface area contributed by atoms with Gasteiger partial charge in [0, 0.05) is 24.1 Å². The third-order valence-electron chi connectivity index (χ3n) is 5.28. The highest BCUT2D eigenvalue weighted by Gasteiger charge is 2.21. The van der Waals surface area contributed by atoms with Crippen LogP contribution in [0.25, 0.3) is 0 Å². The molecule has 0 radical (unpaired) electrons. The van der Waals surface area contributed by atoms with Gasteiger partial charge in [0.1, 0.15) is 5.75 Å². The van der Waals surface area contributed by atoms with E-state index >= 15 is 0 Å². The SMILES string of the molecule is COC(=O)c1nccc(Oc2cc(C(=O)Nc3cc(C(C)(C)C)cc(NSC)c3OC)ccc2C)n1. The van der Waals surface area contributed by atoms with Gasteiger partial charge < -0.3 is 24.2 Å². The minimum atomic E-state index is -0.674. The lowest BCUT2D eigenvalue weighted by Crippen LogP contribution is -2.16. The number of carbonyl (C=O) groups excluding carboxylic acids is 2. The summed E-state index contributed by atoms with van der Waals surface area (Å²) in [5.41, 5.74) is 3.36. The van der Waals surface area contributed by atoms with E-state index in [2.05, 4.69) is 45.5 Å². The summed E-state index contributed by atoms with van der Waals surface area (Å²) in [7, 11) is 2.81. The van der Waals surface area contributed by atoms with Crippen molar-refractivity contribution in [2.45, 2.75) is 33.1 Å². The first-order valence-corrected chi connectivity index (χ1v) is 12.3. The molecule has 3 rings (SSSR count). The van der Waals surface area contributed by atoms with Crippen LogP contribution in [0.3, 0.4) is 0 Å². The van der Waals surface area contributed by atoms with Crippen molar-refractivity contribution < 1.29 is 23.8 Å². The molecule has 1 amide bonds. The van der Waals surface area contributed by atoms with Crippen LogP contribution in [0.5, 0.6) is 17.4 Å². The molecule has 0 aliphatic rings. The van der Waals surface area contributed by atoms with Gasteiger partial charge in [-0.15, -0.1) is 0 Å². The summed E-state index contributed by atoms with van der Waals surface area (Å²) in [6, 6.07) is 10.6. The Bertz CT molecular complexity index is 1270. The van der Waals surface area contributed by atoms with E-state index in [1.165, 1.54) is 31.3 Å². The zero-order chi connectivity index (χ0) is 26.5. The Morgan fingerprint density at radius 2 is 1.75 bits per heavy atom. The topological polar surface area (TPSA) is 112 Å². The van der Waals surface area contributed by atoms with Crippen LogP contribution in [0.2, 0.25) is 0 Å². The van der Waals surface area contributed by atoms with Gasteiger partial charge in [0.05, 0.1) is 25.6 Å². The average Bonchev–Trinajstić information content (AvgIpc) is 2.84. The van der Waals surface area contributed by atoms with Crippen LogP contribution in [0.4, 0.5) is 11.4 Å². The monoisotopic (exact) mass is 510 g/mol. The van der Waals surface area contributed by atoms with E-state index in [-0.39, 0.29) is 23.0 Å². The molecule has 0 unspecified atom stereocenters. The number of benzene rings is 2. The van der Waals surface area contributed by atoms with Gasteiger partial charge in [0.15, 0.2) is 5.75 Å². The number of hydrogen-bond acceptors (Lipinski definition) is 9. The first-order valence-electron chi connectivity index (χ1n) is 11.1. The van der Waals surface area contributed by atoms with Crippen molar-refractivity contribution in [2.24, 2.45) is 0 Å². The van der Waals surface area contributed by atoms with Crippen molar-refractivity contribution in [3.05, 3.63) is 65.1 Å². The number of aromatic nitrogens is 2. The molecule has 2 N–H and O–H groups in total. The van der Waals surface area contributed by atoms with Crippen LogP contribution in [0.1, 0.15) is 52.9 Å². The summed E-state index contributed by atoms with van der Waals surface area (Å²) in [4.78, 5) is 33.0. The van der Waals surface area contributed by atoms with Crippen molar-refractivity contribution in [3.63, 3.8) is 0 Å². The molecule has 190 valence electrons. The predicted molar refractivity (Wildman–Crippen MR) is 141 cm³/mol. The first kappa shape index (κ1) is 26.8. The van der Waals surface area contributed by atoms with E-state index in [0.29, 0.717) is 22.7 Å². The first-order chi connectivity index (χ1) is 17.1. The number of anilines is 2. The van der Waals surface area contributed by atoms with Crippen LogP contribution < -0.4 is 19.5 Å². The number of nitrogens with zero attached hydrogens (tertiary/aromatic N) is 2. The van der Waals surface area contributed by atoms with E-state index in [9.17, 15) is 9.59 Å². The maximum atomic E-state index is 13.3. The lowest BCUT2D eigenvalue weighted by atomic mass is 9.86. The summed E-state index contributed by atoms with van der Waals surface area (Å²) >= 11 is 1.44. The van der Waals surface area contributed by atoms with Crippen LogP contribution in [-0.2, 0) is 10.2 Å². The van der Waals surface area contributed by atoms with Crippen molar-refractivity contribution in [1.82, 2.24) is 9.97 Å². The quantitative estimate of drug-likeness (QED) is 0.295. The molecule has 0 bridgehead atoms. The fraction of sp³-hybridized carbons (Fsp3) is 0.308. The second-order valence-corrected chi connectivity index (χ2v) is 9.52. The van der Waals surface area contributed by atoms with Gasteiger partial charge in [-0.05, 0) is 47.7 Å². The molecule has 0 saturated heterocycles. The number of carbonyl (C=O) groups is 2. The van der Waals surface area contributed by atoms with E-state index in [0.717, 1.165) is 16.8 Å². The number of hydrogen-bond donors (Lipinski definition) is 2. The minimum absolute atomic E-state index is 0.123. The number of ether oxygens (including phenoxy) is 3. The molecular weight excluding hydrogens is 480 g/mol. The third-order valence-corrected chi connectivity index (χ3v) is 5.71. The van der Waals surface area contributed by atoms with Crippen molar-refractivity contribution in [2.75, 3.05) is 30.5 Å². The standard InChI is InChI=1S/C26H30N4O5S/c1-15-8-9-16(12-20(15)35-21-10-11-27-23(29-21)25(32)34-6)24(31)28-18-13-17(26(2,3)4)14-19(30-36-7)22(18)33-5/h8-14,30H,1-7H3,(H,28,31). The summed E-state index contributed by atoms with van der Waals surface area (Å²) in [5.74, 6) is -0.0346. The average molecular weight is 511 g/mol. The Balaban J connectivity index is 1.93. The van der Waals surface area contributed by atoms with E-state index < -0.39 is 5.97 Å². The smallest absolute Gasteiger partial charge is 0.376 e. The van der Waals surface area contributed by atoms with E-state index in [1.54, 1.807) is 25.3 Å². The van der Waals surface area contributed by atoms with Crippen LogP contribution in [-0.4, -0.2) is 42.3 Å². The highest BCUT2D eigenvalue weighted by molar-refractivity contribution is 7.99. The second-order valence-electron chi connectivity index (χ2n) is 8.91. The molecule has 0 spiro atoms. The largest absolute Gasteiger partial charge is 0.492 e. The predicted octanol–water partition coefficient (Wildman–Crippen LogP) is 5.61. The summed E-state index contributed by atoms with van der Waals surface area (Å²) in [6.45, 7) is 8.15. The molecule has 36 heavy (non-hydrogen) atoms. The number of esters is 1. The maximum Gasteiger partial charge on any atom is 0.376 e. The lowest BCUT2D eigenvalue weighted by molar-refractivity contribution is 0.0585. The maximum absolute atomic E-state index is 13.3. The fourth-order valence-corrected chi connectivity index (χ4v) is 3.68. The molecule has 1 heterocycles. The second kappa shape index (κ2) is 11.3. The van der Waals surface area contributed by atoms with Gasteiger partial charge in [0.2, 0.25) is 11.7 Å². The van der Waals surface area contributed by atoms with Gasteiger partial charge in [0.25, 0.3) is 5.91 Å².